The Hall–Kier alpha value is -7.05. The molecule has 0 amide bonds. The monoisotopic (exact) mass is 698 g/mol. The summed E-state index contributed by atoms with van der Waals surface area (Å²) in [5.41, 5.74) is 13.3. The highest BCUT2D eigenvalue weighted by atomic mass is 14.9. The molecular weight excluding hydrogens is 661 g/mol. The zero-order valence-electron chi connectivity index (χ0n) is 30.1. The van der Waals surface area contributed by atoms with E-state index in [0.717, 1.165) is 50.3 Å². The molecule has 0 fully saturated rings. The molecule has 0 bridgehead atoms. The van der Waals surface area contributed by atoms with E-state index in [1.165, 1.54) is 22.3 Å². The number of anilines is 2. The average Bonchev–Trinajstić information content (AvgIpc) is 3.45. The van der Waals surface area contributed by atoms with Gasteiger partial charge in [0.15, 0.2) is 11.7 Å². The molecule has 1 aromatic heterocycles. The number of fused-ring (bicyclic) bond motifs is 3. The Morgan fingerprint density at radius 1 is 0.611 bits per heavy atom. The van der Waals surface area contributed by atoms with Crippen LogP contribution in [0.5, 0.6) is 0 Å². The second-order valence-corrected chi connectivity index (χ2v) is 13.8. The molecule has 0 aliphatic heterocycles. The molecule has 7 aromatic rings. The van der Waals surface area contributed by atoms with Crippen LogP contribution in [0.2, 0.25) is 0 Å². The van der Waals surface area contributed by atoms with Crippen LogP contribution in [0.1, 0.15) is 52.8 Å². The lowest BCUT2D eigenvalue weighted by atomic mass is 9.81. The molecule has 6 heteroatoms. The number of aliphatic imine (C=N–C) groups is 2. The third-order valence-corrected chi connectivity index (χ3v) is 9.97. The van der Waals surface area contributed by atoms with E-state index < -0.39 is 0 Å². The van der Waals surface area contributed by atoms with E-state index in [0.29, 0.717) is 11.5 Å². The number of para-hydroxylation sites is 1. The van der Waals surface area contributed by atoms with E-state index in [1.54, 1.807) is 12.4 Å². The van der Waals surface area contributed by atoms with Gasteiger partial charge in [-0.25, -0.2) is 9.98 Å². The van der Waals surface area contributed by atoms with Gasteiger partial charge in [-0.15, -0.1) is 0 Å². The van der Waals surface area contributed by atoms with Gasteiger partial charge < -0.3 is 5.32 Å². The lowest BCUT2D eigenvalue weighted by Gasteiger charge is -2.22. The van der Waals surface area contributed by atoms with Crippen molar-refractivity contribution >= 4 is 35.0 Å². The predicted octanol–water partition coefficient (Wildman–Crippen LogP) is 11.1. The summed E-state index contributed by atoms with van der Waals surface area (Å²) in [5, 5.41) is 21.3. The lowest BCUT2D eigenvalue weighted by molar-refractivity contribution is 0.660. The van der Waals surface area contributed by atoms with E-state index in [4.69, 9.17) is 10.4 Å². The van der Waals surface area contributed by atoms with Gasteiger partial charge in [0.2, 0.25) is 0 Å². The average molecular weight is 699 g/mol. The molecule has 54 heavy (non-hydrogen) atoms. The molecule has 260 valence electrons. The topological polar surface area (TPSA) is 97.3 Å². The molecule has 6 aromatic carbocycles. The number of hydrogen-bond acceptors (Lipinski definition) is 4. The van der Waals surface area contributed by atoms with Crippen molar-refractivity contribution in [1.29, 1.82) is 10.8 Å². The van der Waals surface area contributed by atoms with E-state index >= 15 is 0 Å². The van der Waals surface area contributed by atoms with Crippen LogP contribution in [0.25, 0.3) is 22.3 Å². The molecular formula is C48H38N6. The van der Waals surface area contributed by atoms with Crippen LogP contribution in [0.3, 0.4) is 0 Å². The maximum atomic E-state index is 9.23. The fourth-order valence-corrected chi connectivity index (χ4v) is 7.08. The number of nitrogens with one attached hydrogen (secondary N) is 3. The highest BCUT2D eigenvalue weighted by Crippen LogP contribution is 2.50. The van der Waals surface area contributed by atoms with Crippen molar-refractivity contribution in [2.75, 3.05) is 5.32 Å². The molecule has 1 heterocycles. The summed E-state index contributed by atoms with van der Waals surface area (Å²) in [6.45, 7) is 4.55. The van der Waals surface area contributed by atoms with Gasteiger partial charge in [0, 0.05) is 57.7 Å². The molecule has 6 nitrogen and oxygen atoms in total. The van der Waals surface area contributed by atoms with Gasteiger partial charge in [-0.1, -0.05) is 135 Å². The number of benzene rings is 6. The maximum absolute atomic E-state index is 9.23. The van der Waals surface area contributed by atoms with Gasteiger partial charge in [-0.2, -0.15) is 0 Å². The number of pyridine rings is 1. The molecule has 0 radical (unpaired) electrons. The second kappa shape index (κ2) is 14.5. The van der Waals surface area contributed by atoms with Crippen molar-refractivity contribution in [2.45, 2.75) is 19.3 Å². The van der Waals surface area contributed by atoms with E-state index in [-0.39, 0.29) is 11.3 Å². The summed E-state index contributed by atoms with van der Waals surface area (Å²) >= 11 is 0. The van der Waals surface area contributed by atoms with Crippen LogP contribution in [0.4, 0.5) is 11.4 Å². The Kier molecular flexibility index (Phi) is 9.16. The van der Waals surface area contributed by atoms with Crippen LogP contribution in [0, 0.1) is 10.8 Å². The Morgan fingerprint density at radius 2 is 1.24 bits per heavy atom. The van der Waals surface area contributed by atoms with Crippen LogP contribution in [0.15, 0.2) is 180 Å². The Balaban J connectivity index is 1.07. The quantitative estimate of drug-likeness (QED) is 0.109. The Bertz CT molecular complexity index is 2570. The number of rotatable bonds is 8. The van der Waals surface area contributed by atoms with Crippen LogP contribution < -0.4 is 5.32 Å². The first-order valence-corrected chi connectivity index (χ1v) is 17.9. The van der Waals surface area contributed by atoms with Crippen LogP contribution >= 0.6 is 0 Å². The fraction of sp³-hybridized carbons (Fsp3) is 0.0625. The van der Waals surface area contributed by atoms with Crippen molar-refractivity contribution in [2.24, 2.45) is 9.98 Å². The van der Waals surface area contributed by atoms with E-state index in [2.05, 4.69) is 77.7 Å². The maximum Gasteiger partial charge on any atom is 0.161 e. The predicted molar refractivity (Wildman–Crippen MR) is 223 cm³/mol. The smallest absolute Gasteiger partial charge is 0.161 e. The number of nitrogens with zero attached hydrogens (tertiary/aromatic N) is 3. The van der Waals surface area contributed by atoms with Crippen molar-refractivity contribution in [1.82, 2.24) is 4.98 Å². The molecule has 1 aliphatic carbocycles. The third kappa shape index (κ3) is 6.81. The van der Waals surface area contributed by atoms with Gasteiger partial charge in [-0.3, -0.25) is 15.8 Å². The number of hydrogen-bond donors (Lipinski definition) is 3. The van der Waals surface area contributed by atoms with Gasteiger partial charge >= 0.3 is 0 Å². The van der Waals surface area contributed by atoms with Crippen molar-refractivity contribution in [3.05, 3.63) is 209 Å². The fourth-order valence-electron chi connectivity index (χ4n) is 7.08. The van der Waals surface area contributed by atoms with Gasteiger partial charge in [0.05, 0.1) is 5.71 Å². The SMILES string of the molecule is CC1(C)c2cc(C=NC(=NC(=N)c3ccccc3)c3ccccc3)ccc2-c2ccc(-c3cccc(C(=N)c4ccccc4Nc4ccncc4)c3)cc21. The molecule has 0 atom stereocenters. The minimum absolute atomic E-state index is 0.165. The van der Waals surface area contributed by atoms with Crippen molar-refractivity contribution in [3.63, 3.8) is 0 Å². The molecule has 1 aliphatic rings. The Labute approximate surface area is 315 Å². The largest absolute Gasteiger partial charge is 0.355 e. The molecule has 0 spiro atoms. The normalized spacial score (nSPS) is 13.0. The zero-order valence-corrected chi connectivity index (χ0v) is 30.1. The van der Waals surface area contributed by atoms with Gasteiger partial charge in [-0.05, 0) is 75.3 Å². The standard InChI is InChI=1S/C48H38N6/c1-48(2)42-28-32(31-52-47(34-14-7-4-8-15-34)54-46(50)33-12-5-3-6-13-33)20-22-39(42)40-23-21-36(30-43(40)48)35-16-11-17-37(29-35)45(49)41-18-9-10-19-44(41)53-38-24-26-51-27-25-38/h3-31,49-50H,1-2H3,(H,51,53). The highest BCUT2D eigenvalue weighted by Gasteiger charge is 2.35. The first kappa shape index (κ1) is 34.1. The van der Waals surface area contributed by atoms with Gasteiger partial charge in [0.1, 0.15) is 0 Å². The summed E-state index contributed by atoms with van der Waals surface area (Å²) in [6.07, 6.45) is 5.35. The molecule has 0 unspecified atom stereocenters. The van der Waals surface area contributed by atoms with Crippen LogP contribution in [-0.4, -0.2) is 28.6 Å². The number of aromatic nitrogens is 1. The second-order valence-electron chi connectivity index (χ2n) is 13.8. The summed E-state index contributed by atoms with van der Waals surface area (Å²) in [7, 11) is 0. The summed E-state index contributed by atoms with van der Waals surface area (Å²) in [4.78, 5) is 13.6. The summed E-state index contributed by atoms with van der Waals surface area (Å²) in [6, 6.07) is 52.6. The zero-order chi connectivity index (χ0) is 37.1. The highest BCUT2D eigenvalue weighted by molar-refractivity contribution is 6.15. The Morgan fingerprint density at radius 3 is 2.00 bits per heavy atom. The molecule has 3 N–H and O–H groups in total. The van der Waals surface area contributed by atoms with Crippen LogP contribution in [-0.2, 0) is 5.41 Å². The van der Waals surface area contributed by atoms with Crippen molar-refractivity contribution < 1.29 is 0 Å². The minimum Gasteiger partial charge on any atom is -0.355 e. The molecule has 0 saturated carbocycles. The summed E-state index contributed by atoms with van der Waals surface area (Å²) in [5.74, 6) is 0.652. The van der Waals surface area contributed by atoms with E-state index in [9.17, 15) is 5.41 Å². The number of amidine groups is 2. The lowest BCUT2D eigenvalue weighted by Crippen LogP contribution is -2.15. The third-order valence-electron chi connectivity index (χ3n) is 9.97. The first-order chi connectivity index (χ1) is 26.3. The molecule has 0 saturated heterocycles. The first-order valence-electron chi connectivity index (χ1n) is 17.9. The van der Waals surface area contributed by atoms with Crippen molar-refractivity contribution in [3.8, 4) is 22.3 Å². The minimum atomic E-state index is -0.252. The van der Waals surface area contributed by atoms with Gasteiger partial charge in [0.25, 0.3) is 0 Å². The van der Waals surface area contributed by atoms with E-state index in [1.807, 2.05) is 115 Å². The molecule has 8 rings (SSSR count). The summed E-state index contributed by atoms with van der Waals surface area (Å²) < 4.78 is 0.